The van der Waals surface area contributed by atoms with E-state index in [1.54, 1.807) is 0 Å². The molecule has 0 aliphatic carbocycles. The molecule has 0 radical (unpaired) electrons. The van der Waals surface area contributed by atoms with Gasteiger partial charge in [-0.15, -0.1) is 0 Å². The molecule has 0 aliphatic rings. The molecule has 0 spiro atoms. The highest BCUT2D eigenvalue weighted by Crippen LogP contribution is 1.95. The average molecular weight is 181 g/mol. The smallest absolute Gasteiger partial charge is 0.189 e. The van der Waals surface area contributed by atoms with Gasteiger partial charge in [-0.1, -0.05) is 0 Å². The van der Waals surface area contributed by atoms with Crippen LogP contribution in [0.2, 0.25) is 0 Å². The molecule has 7 nitrogen and oxygen atoms in total. The lowest BCUT2D eigenvalue weighted by Gasteiger charge is -2.04. The van der Waals surface area contributed by atoms with Crippen molar-refractivity contribution in [2.45, 2.75) is 5.44 Å². The summed E-state index contributed by atoms with van der Waals surface area (Å²) in [5.74, 6) is 0. The number of aliphatic hydroxyl groups excluding tert-OH is 1. The summed E-state index contributed by atoms with van der Waals surface area (Å²) >= 11 is 0. The largest absolute Gasteiger partial charge is 0.430 e. The van der Waals surface area contributed by atoms with Crippen molar-refractivity contribution in [3.63, 3.8) is 0 Å². The van der Waals surface area contributed by atoms with Crippen LogP contribution in [0.3, 0.4) is 0 Å². The lowest BCUT2D eigenvalue weighted by atomic mass is 10.8. The molecule has 1 unspecified atom stereocenters. The quantitative estimate of drug-likeness (QED) is 0.275. The third-order valence-electron chi connectivity index (χ3n) is 0.806. The Labute approximate surface area is 63.1 Å². The first-order chi connectivity index (χ1) is 4.98. The maximum atomic E-state index is 10.5. The molecular weight excluding hydrogens is 174 g/mol. The van der Waals surface area contributed by atoms with E-state index in [0.29, 0.717) is 0 Å². The number of azide groups is 1. The van der Waals surface area contributed by atoms with E-state index in [1.807, 2.05) is 0 Å². The van der Waals surface area contributed by atoms with Crippen molar-refractivity contribution < 1.29 is 18.4 Å². The Morgan fingerprint density at radius 1 is 1.82 bits per heavy atom. The van der Waals surface area contributed by atoms with E-state index in [4.69, 9.17) is 10.6 Å². The summed E-state index contributed by atoms with van der Waals surface area (Å²) < 4.78 is 20.9. The first-order valence-corrected chi connectivity index (χ1v) is 4.47. The summed E-state index contributed by atoms with van der Waals surface area (Å²) in [5.41, 5.74) is 6.04. The van der Waals surface area contributed by atoms with Crippen LogP contribution in [0.4, 0.5) is 0 Å². The molecule has 11 heavy (non-hydrogen) atoms. The molecule has 0 aromatic heterocycles. The summed E-state index contributed by atoms with van der Waals surface area (Å²) in [7, 11) is -3.54. The predicted octanol–water partition coefficient (Wildman–Crippen LogP) is -0.409. The molecule has 0 aliphatic heterocycles. The van der Waals surface area contributed by atoms with Crippen LogP contribution in [0.5, 0.6) is 0 Å². The van der Waals surface area contributed by atoms with Crippen molar-refractivity contribution in [1.82, 2.24) is 0 Å². The van der Waals surface area contributed by atoms with E-state index in [0.717, 1.165) is 6.26 Å². The summed E-state index contributed by atoms with van der Waals surface area (Å²) in [6, 6.07) is 0. The molecule has 1 N–H and O–H groups in total. The van der Waals surface area contributed by atoms with Gasteiger partial charge in [-0.05, 0) is 5.53 Å². The zero-order chi connectivity index (χ0) is 8.91. The topological polar surface area (TPSA) is 112 Å². The first-order valence-electron chi connectivity index (χ1n) is 2.51. The van der Waals surface area contributed by atoms with Gasteiger partial charge < -0.3 is 9.94 Å². The van der Waals surface area contributed by atoms with Crippen LogP contribution in [-0.4, -0.2) is 31.8 Å². The molecule has 0 heterocycles. The molecule has 0 saturated heterocycles. The van der Waals surface area contributed by atoms with Gasteiger partial charge in [0.15, 0.2) is 15.3 Å². The standard InChI is InChI=1S/C3H7N3O4S/c1-11(8,9)3(7)2-10-6-5-4/h3,7H,2H2,1H3. The van der Waals surface area contributed by atoms with E-state index in [2.05, 4.69) is 15.0 Å². The first kappa shape index (κ1) is 10.0. The van der Waals surface area contributed by atoms with Crippen molar-refractivity contribution in [1.29, 1.82) is 0 Å². The molecule has 0 saturated carbocycles. The van der Waals surface area contributed by atoms with Gasteiger partial charge in [-0.25, -0.2) is 8.42 Å². The van der Waals surface area contributed by atoms with Gasteiger partial charge in [-0.3, -0.25) is 0 Å². The Morgan fingerprint density at radius 3 is 2.73 bits per heavy atom. The highest BCUT2D eigenvalue weighted by Gasteiger charge is 2.16. The molecule has 64 valence electrons. The maximum Gasteiger partial charge on any atom is 0.189 e. The van der Waals surface area contributed by atoms with Crippen LogP contribution in [-0.2, 0) is 14.7 Å². The molecule has 1 atom stereocenters. The van der Waals surface area contributed by atoms with Crippen LogP contribution in [0.15, 0.2) is 5.28 Å². The number of sulfone groups is 1. The maximum absolute atomic E-state index is 10.5. The van der Waals surface area contributed by atoms with E-state index < -0.39 is 21.9 Å². The number of aliphatic hydroxyl groups is 1. The highest BCUT2D eigenvalue weighted by molar-refractivity contribution is 7.91. The fourth-order valence-corrected chi connectivity index (χ4v) is 0.555. The van der Waals surface area contributed by atoms with E-state index in [1.165, 1.54) is 0 Å². The van der Waals surface area contributed by atoms with Gasteiger partial charge in [0.05, 0.1) is 0 Å². The van der Waals surface area contributed by atoms with Gasteiger partial charge in [-0.2, -0.15) is 0 Å². The Hall–Kier alpha value is -0.980. The highest BCUT2D eigenvalue weighted by atomic mass is 32.2. The number of hydrogen-bond acceptors (Lipinski definition) is 5. The molecule has 0 aromatic rings. The van der Waals surface area contributed by atoms with Crippen LogP contribution in [0.1, 0.15) is 0 Å². The zero-order valence-electron chi connectivity index (χ0n) is 5.71. The number of hydrogen-bond donors (Lipinski definition) is 1. The summed E-state index contributed by atoms with van der Waals surface area (Å²) in [5, 5.41) is 11.3. The second-order valence-electron chi connectivity index (χ2n) is 1.75. The second-order valence-corrected chi connectivity index (χ2v) is 3.95. The summed E-state index contributed by atoms with van der Waals surface area (Å²) in [6.45, 7) is -0.553. The lowest BCUT2D eigenvalue weighted by molar-refractivity contribution is 0.0748. The zero-order valence-corrected chi connectivity index (χ0v) is 6.52. The molecule has 0 rings (SSSR count). The molecular formula is C3H7N3O4S. The van der Waals surface area contributed by atoms with Gasteiger partial charge in [0.1, 0.15) is 11.9 Å². The van der Waals surface area contributed by atoms with Gasteiger partial charge in [0.2, 0.25) is 0 Å². The molecule has 8 heteroatoms. The molecule has 0 amide bonds. The lowest BCUT2D eigenvalue weighted by Crippen LogP contribution is -2.23. The minimum Gasteiger partial charge on any atom is -0.430 e. The monoisotopic (exact) mass is 181 g/mol. The minimum atomic E-state index is -3.54. The second kappa shape index (κ2) is 4.02. The Morgan fingerprint density at radius 2 is 2.36 bits per heavy atom. The van der Waals surface area contributed by atoms with Crippen LogP contribution >= 0.6 is 0 Å². The van der Waals surface area contributed by atoms with Gasteiger partial charge >= 0.3 is 0 Å². The minimum absolute atomic E-state index is 0.553. The number of nitrogens with zero attached hydrogens (tertiary/aromatic N) is 3. The third kappa shape index (κ3) is 4.43. The fraction of sp³-hybridized carbons (Fsp3) is 1.00. The van der Waals surface area contributed by atoms with Crippen LogP contribution in [0.25, 0.3) is 10.4 Å². The fourth-order valence-electron chi connectivity index (χ4n) is 0.247. The van der Waals surface area contributed by atoms with E-state index >= 15 is 0 Å². The van der Waals surface area contributed by atoms with Crippen molar-refractivity contribution >= 4 is 9.84 Å². The molecule has 0 bridgehead atoms. The van der Waals surface area contributed by atoms with Gasteiger partial charge in [0, 0.05) is 11.2 Å². The van der Waals surface area contributed by atoms with Crippen molar-refractivity contribution in [2.75, 3.05) is 12.9 Å². The molecule has 0 aromatic carbocycles. The van der Waals surface area contributed by atoms with Crippen molar-refractivity contribution in [2.24, 2.45) is 5.28 Å². The van der Waals surface area contributed by atoms with E-state index in [-0.39, 0.29) is 0 Å². The van der Waals surface area contributed by atoms with Crippen molar-refractivity contribution in [3.8, 4) is 0 Å². The van der Waals surface area contributed by atoms with Crippen molar-refractivity contribution in [3.05, 3.63) is 10.4 Å². The Bertz CT molecular complexity index is 254. The molecule has 0 fully saturated rings. The van der Waals surface area contributed by atoms with Crippen LogP contribution < -0.4 is 0 Å². The summed E-state index contributed by atoms with van der Waals surface area (Å²) in [6.07, 6.45) is 0.844. The number of rotatable bonds is 4. The SMILES string of the molecule is CS(=O)(=O)C(O)CON=[N+]=[N-]. The average Bonchev–Trinajstić information content (AvgIpc) is 1.86. The normalized spacial score (nSPS) is 13.3. The third-order valence-corrected chi connectivity index (χ3v) is 1.93. The summed E-state index contributed by atoms with van der Waals surface area (Å²) in [4.78, 5) is 6.24. The van der Waals surface area contributed by atoms with Gasteiger partial charge in [0.25, 0.3) is 0 Å². The van der Waals surface area contributed by atoms with Crippen LogP contribution in [0, 0.1) is 0 Å². The van der Waals surface area contributed by atoms with E-state index in [9.17, 15) is 8.42 Å². The Kier molecular flexibility index (Phi) is 3.66. The Balaban J connectivity index is 3.89. The predicted molar refractivity (Wildman–Crippen MR) is 35.9 cm³/mol.